The van der Waals surface area contributed by atoms with Gasteiger partial charge in [-0.1, -0.05) is 13.0 Å². The maximum absolute atomic E-state index is 13.4. The number of nitrogens with one attached hydrogen (secondary N) is 1. The zero-order chi connectivity index (χ0) is 12.3. The van der Waals surface area contributed by atoms with Crippen molar-refractivity contribution in [2.45, 2.75) is 26.3 Å². The average Bonchev–Trinajstić information content (AvgIpc) is 2.84. The summed E-state index contributed by atoms with van der Waals surface area (Å²) < 4.78 is 18.8. The second-order valence-electron chi connectivity index (χ2n) is 4.08. The fourth-order valence-electron chi connectivity index (χ4n) is 1.75. The highest BCUT2D eigenvalue weighted by atomic mass is 19.1. The van der Waals surface area contributed by atoms with Gasteiger partial charge in [0.1, 0.15) is 11.6 Å². The van der Waals surface area contributed by atoms with Gasteiger partial charge < -0.3 is 9.73 Å². The van der Waals surface area contributed by atoms with Gasteiger partial charge in [0.2, 0.25) is 0 Å². The first kappa shape index (κ1) is 11.7. The van der Waals surface area contributed by atoms with Crippen molar-refractivity contribution in [1.82, 2.24) is 0 Å². The molecule has 3 heteroatoms. The van der Waals surface area contributed by atoms with Crippen LogP contribution in [0, 0.1) is 12.7 Å². The highest BCUT2D eigenvalue weighted by Gasteiger charge is 2.12. The first-order valence-electron chi connectivity index (χ1n) is 5.76. The van der Waals surface area contributed by atoms with Crippen LogP contribution in [0.2, 0.25) is 0 Å². The lowest BCUT2D eigenvalue weighted by Crippen LogP contribution is -2.08. The lowest BCUT2D eigenvalue weighted by atomic mass is 10.1. The van der Waals surface area contributed by atoms with Crippen molar-refractivity contribution in [2.24, 2.45) is 0 Å². The molecular formula is C14H16FNO. The van der Waals surface area contributed by atoms with Crippen molar-refractivity contribution < 1.29 is 8.81 Å². The molecule has 0 saturated heterocycles. The van der Waals surface area contributed by atoms with Crippen molar-refractivity contribution in [3.8, 4) is 0 Å². The van der Waals surface area contributed by atoms with Crippen LogP contribution in [0.1, 0.15) is 30.7 Å². The summed E-state index contributed by atoms with van der Waals surface area (Å²) in [5.74, 6) is 0.679. The van der Waals surface area contributed by atoms with Gasteiger partial charge in [-0.25, -0.2) is 4.39 Å². The predicted molar refractivity (Wildman–Crippen MR) is 66.5 cm³/mol. The van der Waals surface area contributed by atoms with Crippen molar-refractivity contribution >= 4 is 5.69 Å². The predicted octanol–water partition coefficient (Wildman–Crippen LogP) is 4.29. The van der Waals surface area contributed by atoms with Gasteiger partial charge >= 0.3 is 0 Å². The van der Waals surface area contributed by atoms with Gasteiger partial charge in [0.05, 0.1) is 12.3 Å². The van der Waals surface area contributed by atoms with E-state index in [1.807, 2.05) is 18.2 Å². The topological polar surface area (TPSA) is 25.2 Å². The Morgan fingerprint density at radius 3 is 2.76 bits per heavy atom. The smallest absolute Gasteiger partial charge is 0.128 e. The second kappa shape index (κ2) is 5.04. The third kappa shape index (κ3) is 2.67. The molecule has 1 atom stereocenters. The third-order valence-electron chi connectivity index (χ3n) is 2.81. The standard InChI is InChI=1S/C14H16FNO/c1-3-13(14-5-4-8-17-14)16-11-7-6-10(2)12(15)9-11/h4-9,13,16H,3H2,1-2H3. The average molecular weight is 233 g/mol. The van der Waals surface area contributed by atoms with Gasteiger partial charge in [0.15, 0.2) is 0 Å². The maximum atomic E-state index is 13.4. The molecule has 0 saturated carbocycles. The Kier molecular flexibility index (Phi) is 3.47. The number of benzene rings is 1. The molecule has 2 nitrogen and oxygen atoms in total. The Morgan fingerprint density at radius 2 is 2.18 bits per heavy atom. The van der Waals surface area contributed by atoms with E-state index in [1.54, 1.807) is 19.3 Å². The lowest BCUT2D eigenvalue weighted by molar-refractivity contribution is 0.473. The highest BCUT2D eigenvalue weighted by Crippen LogP contribution is 2.23. The zero-order valence-electron chi connectivity index (χ0n) is 10.0. The molecule has 0 amide bonds. The first-order chi connectivity index (χ1) is 8.20. The molecule has 0 aliphatic carbocycles. The molecule has 0 spiro atoms. The maximum Gasteiger partial charge on any atom is 0.128 e. The van der Waals surface area contributed by atoms with Crippen LogP contribution in [-0.2, 0) is 0 Å². The summed E-state index contributed by atoms with van der Waals surface area (Å²) in [5.41, 5.74) is 1.43. The van der Waals surface area contributed by atoms with Crippen molar-refractivity contribution in [3.63, 3.8) is 0 Å². The lowest BCUT2D eigenvalue weighted by Gasteiger charge is -2.16. The van der Waals surface area contributed by atoms with E-state index in [0.29, 0.717) is 5.56 Å². The fourth-order valence-corrected chi connectivity index (χ4v) is 1.75. The normalized spacial score (nSPS) is 12.4. The van der Waals surface area contributed by atoms with Gasteiger partial charge in [0, 0.05) is 5.69 Å². The molecule has 1 aromatic carbocycles. The van der Waals surface area contributed by atoms with Gasteiger partial charge in [-0.2, -0.15) is 0 Å². The summed E-state index contributed by atoms with van der Waals surface area (Å²) in [6.45, 7) is 3.81. The van der Waals surface area contributed by atoms with Gasteiger partial charge in [-0.05, 0) is 43.2 Å². The molecule has 0 bridgehead atoms. The SMILES string of the molecule is CCC(Nc1ccc(C)c(F)c1)c1ccco1. The first-order valence-corrected chi connectivity index (χ1v) is 5.76. The molecule has 17 heavy (non-hydrogen) atoms. The Labute approximate surface area is 100 Å². The molecule has 0 aliphatic heterocycles. The van der Waals surface area contributed by atoms with E-state index in [1.165, 1.54) is 6.07 Å². The van der Waals surface area contributed by atoms with E-state index in [-0.39, 0.29) is 11.9 Å². The number of anilines is 1. The molecule has 0 radical (unpaired) electrons. The molecule has 90 valence electrons. The minimum atomic E-state index is -0.190. The Morgan fingerprint density at radius 1 is 1.35 bits per heavy atom. The van der Waals surface area contributed by atoms with Gasteiger partial charge in [-0.15, -0.1) is 0 Å². The van der Waals surface area contributed by atoms with Crippen LogP contribution in [0.15, 0.2) is 41.0 Å². The van der Waals surface area contributed by atoms with Gasteiger partial charge in [-0.3, -0.25) is 0 Å². The number of hydrogen-bond acceptors (Lipinski definition) is 2. The monoisotopic (exact) mass is 233 g/mol. The van der Waals surface area contributed by atoms with Crippen LogP contribution in [0.4, 0.5) is 10.1 Å². The number of halogens is 1. The van der Waals surface area contributed by atoms with E-state index >= 15 is 0 Å². The molecule has 1 aromatic heterocycles. The van der Waals surface area contributed by atoms with E-state index in [9.17, 15) is 4.39 Å². The summed E-state index contributed by atoms with van der Waals surface area (Å²) in [6, 6.07) is 9.02. The molecule has 0 fully saturated rings. The van der Waals surface area contributed by atoms with Crippen LogP contribution >= 0.6 is 0 Å². The number of aryl methyl sites for hydroxylation is 1. The molecular weight excluding hydrogens is 217 g/mol. The van der Waals surface area contributed by atoms with Crippen molar-refractivity contribution in [2.75, 3.05) is 5.32 Å². The number of furan rings is 1. The number of rotatable bonds is 4. The Balaban J connectivity index is 2.16. The third-order valence-corrected chi connectivity index (χ3v) is 2.81. The minimum Gasteiger partial charge on any atom is -0.467 e. The summed E-state index contributed by atoms with van der Waals surface area (Å²) >= 11 is 0. The summed E-state index contributed by atoms with van der Waals surface area (Å²) in [6.07, 6.45) is 2.53. The largest absolute Gasteiger partial charge is 0.467 e. The van der Waals surface area contributed by atoms with Crippen LogP contribution < -0.4 is 5.32 Å². The zero-order valence-corrected chi connectivity index (χ0v) is 10.0. The van der Waals surface area contributed by atoms with Gasteiger partial charge in [0.25, 0.3) is 0 Å². The Bertz CT molecular complexity index is 479. The van der Waals surface area contributed by atoms with Crippen LogP contribution in [0.3, 0.4) is 0 Å². The fraction of sp³-hybridized carbons (Fsp3) is 0.286. The van der Waals surface area contributed by atoms with Crippen molar-refractivity contribution in [3.05, 3.63) is 53.7 Å². The minimum absolute atomic E-state index is 0.0760. The van der Waals surface area contributed by atoms with Crippen molar-refractivity contribution in [1.29, 1.82) is 0 Å². The van der Waals surface area contributed by atoms with Crippen LogP contribution in [0.25, 0.3) is 0 Å². The summed E-state index contributed by atoms with van der Waals surface area (Å²) in [5, 5.41) is 3.27. The quantitative estimate of drug-likeness (QED) is 0.852. The van der Waals surface area contributed by atoms with E-state index in [0.717, 1.165) is 17.9 Å². The van der Waals surface area contributed by atoms with E-state index in [4.69, 9.17) is 4.42 Å². The summed E-state index contributed by atoms with van der Waals surface area (Å²) in [4.78, 5) is 0. The molecule has 2 rings (SSSR count). The molecule has 1 heterocycles. The van der Waals surface area contributed by atoms with E-state index in [2.05, 4.69) is 12.2 Å². The second-order valence-corrected chi connectivity index (χ2v) is 4.08. The van der Waals surface area contributed by atoms with Crippen LogP contribution in [0.5, 0.6) is 0 Å². The van der Waals surface area contributed by atoms with E-state index < -0.39 is 0 Å². The molecule has 0 aliphatic rings. The Hall–Kier alpha value is -1.77. The summed E-state index contributed by atoms with van der Waals surface area (Å²) in [7, 11) is 0. The molecule has 2 aromatic rings. The number of hydrogen-bond donors (Lipinski definition) is 1. The van der Waals surface area contributed by atoms with Crippen LogP contribution in [-0.4, -0.2) is 0 Å². The molecule has 1 N–H and O–H groups in total. The molecule has 1 unspecified atom stereocenters. The highest BCUT2D eigenvalue weighted by molar-refractivity contribution is 5.46.